The second-order valence-corrected chi connectivity index (χ2v) is 6.18. The van der Waals surface area contributed by atoms with Crippen LogP contribution in [0, 0.1) is 0 Å². The molecule has 1 aromatic heterocycles. The molecule has 0 radical (unpaired) electrons. The van der Waals surface area contributed by atoms with Crippen LogP contribution in [-0.4, -0.2) is 35.8 Å². The number of carbonyl (C=O) groups is 1. The molecule has 1 atom stereocenters. The SMILES string of the molecule is COc1cccc(OC)c1CN1C(=O)CSC1c1cccnc1. The summed E-state index contributed by atoms with van der Waals surface area (Å²) in [6.45, 7) is 0.443. The average Bonchev–Trinajstić information content (AvgIpc) is 2.96. The fourth-order valence-corrected chi connectivity index (χ4v) is 3.85. The zero-order chi connectivity index (χ0) is 16.2. The summed E-state index contributed by atoms with van der Waals surface area (Å²) in [5.74, 6) is 2.02. The number of hydrogen-bond acceptors (Lipinski definition) is 5. The van der Waals surface area contributed by atoms with Crippen LogP contribution in [0.3, 0.4) is 0 Å². The number of rotatable bonds is 5. The van der Waals surface area contributed by atoms with Gasteiger partial charge >= 0.3 is 0 Å². The Morgan fingerprint density at radius 3 is 2.57 bits per heavy atom. The molecule has 0 spiro atoms. The molecule has 1 aliphatic rings. The second kappa shape index (κ2) is 6.91. The molecule has 1 fully saturated rings. The van der Waals surface area contributed by atoms with E-state index in [1.54, 1.807) is 32.2 Å². The fraction of sp³-hybridized carbons (Fsp3) is 0.294. The molecule has 1 aliphatic heterocycles. The number of methoxy groups -OCH3 is 2. The highest BCUT2D eigenvalue weighted by Crippen LogP contribution is 2.41. The molecule has 0 saturated carbocycles. The van der Waals surface area contributed by atoms with Crippen molar-refractivity contribution in [3.05, 3.63) is 53.9 Å². The second-order valence-electron chi connectivity index (χ2n) is 5.11. The molecule has 1 aromatic carbocycles. The first kappa shape index (κ1) is 15.7. The molecule has 3 rings (SSSR count). The monoisotopic (exact) mass is 330 g/mol. The Kier molecular flexibility index (Phi) is 4.71. The highest BCUT2D eigenvalue weighted by atomic mass is 32.2. The lowest BCUT2D eigenvalue weighted by atomic mass is 10.1. The molecule has 1 unspecified atom stereocenters. The van der Waals surface area contributed by atoms with Gasteiger partial charge in [0.2, 0.25) is 5.91 Å². The maximum atomic E-state index is 12.4. The van der Waals surface area contributed by atoms with Gasteiger partial charge in [-0.2, -0.15) is 0 Å². The first-order valence-corrected chi connectivity index (χ1v) is 8.30. The number of pyridine rings is 1. The van der Waals surface area contributed by atoms with Gasteiger partial charge in [-0.15, -0.1) is 11.8 Å². The molecule has 6 heteroatoms. The lowest BCUT2D eigenvalue weighted by Crippen LogP contribution is -2.28. The topological polar surface area (TPSA) is 51.7 Å². The lowest BCUT2D eigenvalue weighted by molar-refractivity contribution is -0.128. The van der Waals surface area contributed by atoms with Crippen molar-refractivity contribution in [3.63, 3.8) is 0 Å². The molecule has 1 amide bonds. The van der Waals surface area contributed by atoms with E-state index in [0.29, 0.717) is 12.3 Å². The summed E-state index contributed by atoms with van der Waals surface area (Å²) < 4.78 is 10.9. The Labute approximate surface area is 139 Å². The minimum atomic E-state index is -0.0363. The molecular weight excluding hydrogens is 312 g/mol. The number of carbonyl (C=O) groups excluding carboxylic acids is 1. The van der Waals surface area contributed by atoms with Crippen molar-refractivity contribution in [3.8, 4) is 11.5 Å². The Morgan fingerprint density at radius 1 is 1.22 bits per heavy atom. The van der Waals surface area contributed by atoms with Crippen molar-refractivity contribution >= 4 is 17.7 Å². The van der Waals surface area contributed by atoms with Crippen molar-refractivity contribution in [2.45, 2.75) is 11.9 Å². The first-order valence-electron chi connectivity index (χ1n) is 7.25. The van der Waals surface area contributed by atoms with Crippen molar-refractivity contribution in [1.82, 2.24) is 9.88 Å². The van der Waals surface area contributed by atoms with Crippen LogP contribution in [-0.2, 0) is 11.3 Å². The Morgan fingerprint density at radius 2 is 1.96 bits per heavy atom. The van der Waals surface area contributed by atoms with Crippen molar-refractivity contribution in [2.75, 3.05) is 20.0 Å². The van der Waals surface area contributed by atoms with Crippen LogP contribution < -0.4 is 9.47 Å². The van der Waals surface area contributed by atoms with E-state index in [0.717, 1.165) is 22.6 Å². The predicted octanol–water partition coefficient (Wildman–Crippen LogP) is 2.87. The van der Waals surface area contributed by atoms with Gasteiger partial charge in [-0.3, -0.25) is 9.78 Å². The normalized spacial score (nSPS) is 17.4. The van der Waals surface area contributed by atoms with E-state index in [1.165, 1.54) is 0 Å². The summed E-state index contributed by atoms with van der Waals surface area (Å²) in [7, 11) is 3.24. The van der Waals surface area contributed by atoms with E-state index in [1.807, 2.05) is 41.4 Å². The summed E-state index contributed by atoms with van der Waals surface area (Å²) in [4.78, 5) is 18.4. The van der Waals surface area contributed by atoms with Crippen molar-refractivity contribution in [1.29, 1.82) is 0 Å². The van der Waals surface area contributed by atoms with Gasteiger partial charge in [0.15, 0.2) is 0 Å². The zero-order valence-corrected chi connectivity index (χ0v) is 13.9. The molecule has 5 nitrogen and oxygen atoms in total. The summed E-state index contributed by atoms with van der Waals surface area (Å²) in [5.41, 5.74) is 1.90. The van der Waals surface area contributed by atoms with Crippen LogP contribution in [0.4, 0.5) is 0 Å². The fourth-order valence-electron chi connectivity index (χ4n) is 2.68. The average molecular weight is 330 g/mol. The number of nitrogens with zero attached hydrogens (tertiary/aromatic N) is 2. The van der Waals surface area contributed by atoms with Gasteiger partial charge in [0.1, 0.15) is 16.9 Å². The number of benzene rings is 1. The standard InChI is InChI=1S/C17H18N2O3S/c1-21-14-6-3-7-15(22-2)13(14)10-19-16(20)11-23-17(19)12-5-4-8-18-9-12/h3-9,17H,10-11H2,1-2H3. The minimum absolute atomic E-state index is 0.0363. The molecule has 0 aliphatic carbocycles. The van der Waals surface area contributed by atoms with Crippen molar-refractivity contribution in [2.24, 2.45) is 0 Å². The molecule has 2 heterocycles. The molecule has 120 valence electrons. The maximum absolute atomic E-state index is 12.4. The summed E-state index contributed by atoms with van der Waals surface area (Å²) in [5, 5.41) is -0.0363. The summed E-state index contributed by atoms with van der Waals surface area (Å²) in [6, 6.07) is 9.52. The Hall–Kier alpha value is -2.21. The zero-order valence-electron chi connectivity index (χ0n) is 13.1. The Balaban J connectivity index is 1.93. The van der Waals surface area contributed by atoms with Crippen LogP contribution in [0.1, 0.15) is 16.5 Å². The first-order chi connectivity index (χ1) is 11.2. The van der Waals surface area contributed by atoms with Gasteiger partial charge in [0.25, 0.3) is 0 Å². The van der Waals surface area contributed by atoms with E-state index in [9.17, 15) is 4.79 Å². The van der Waals surface area contributed by atoms with Gasteiger partial charge in [0, 0.05) is 18.0 Å². The molecule has 1 saturated heterocycles. The quantitative estimate of drug-likeness (QED) is 0.844. The molecule has 2 aromatic rings. The van der Waals surface area contributed by atoms with Crippen LogP contribution in [0.25, 0.3) is 0 Å². The third-order valence-corrected chi connectivity index (χ3v) is 5.05. The van der Waals surface area contributed by atoms with Gasteiger partial charge < -0.3 is 14.4 Å². The van der Waals surface area contributed by atoms with Gasteiger partial charge in [-0.25, -0.2) is 0 Å². The molecular formula is C17H18N2O3S. The number of ether oxygens (including phenoxy) is 2. The summed E-state index contributed by atoms with van der Waals surface area (Å²) >= 11 is 1.61. The maximum Gasteiger partial charge on any atom is 0.234 e. The Bertz CT molecular complexity index is 671. The number of amides is 1. The smallest absolute Gasteiger partial charge is 0.234 e. The van der Waals surface area contributed by atoms with Crippen LogP contribution in [0.2, 0.25) is 0 Å². The number of thioether (sulfide) groups is 1. The molecule has 0 bridgehead atoms. The third kappa shape index (κ3) is 3.12. The van der Waals surface area contributed by atoms with Crippen LogP contribution >= 0.6 is 11.8 Å². The van der Waals surface area contributed by atoms with Gasteiger partial charge in [-0.1, -0.05) is 12.1 Å². The van der Waals surface area contributed by atoms with Crippen molar-refractivity contribution < 1.29 is 14.3 Å². The highest BCUT2D eigenvalue weighted by Gasteiger charge is 2.34. The summed E-state index contributed by atoms with van der Waals surface area (Å²) in [6.07, 6.45) is 3.54. The van der Waals surface area contributed by atoms with Crippen LogP contribution in [0.15, 0.2) is 42.7 Å². The van der Waals surface area contributed by atoms with Gasteiger partial charge in [0.05, 0.1) is 32.1 Å². The van der Waals surface area contributed by atoms with Crippen LogP contribution in [0.5, 0.6) is 11.5 Å². The van der Waals surface area contributed by atoms with E-state index < -0.39 is 0 Å². The van der Waals surface area contributed by atoms with E-state index in [2.05, 4.69) is 4.98 Å². The molecule has 23 heavy (non-hydrogen) atoms. The van der Waals surface area contributed by atoms with E-state index >= 15 is 0 Å². The van der Waals surface area contributed by atoms with Gasteiger partial charge in [-0.05, 0) is 18.2 Å². The highest BCUT2D eigenvalue weighted by molar-refractivity contribution is 8.00. The van der Waals surface area contributed by atoms with E-state index in [-0.39, 0.29) is 11.3 Å². The molecule has 0 N–H and O–H groups in total. The largest absolute Gasteiger partial charge is 0.496 e. The predicted molar refractivity (Wildman–Crippen MR) is 89.5 cm³/mol. The lowest BCUT2D eigenvalue weighted by Gasteiger charge is -2.25. The number of hydrogen-bond donors (Lipinski definition) is 0. The van der Waals surface area contributed by atoms with E-state index in [4.69, 9.17) is 9.47 Å². The minimum Gasteiger partial charge on any atom is -0.496 e. The number of aromatic nitrogens is 1. The third-order valence-electron chi connectivity index (χ3n) is 3.80.